The van der Waals surface area contributed by atoms with Gasteiger partial charge in [0.25, 0.3) is 0 Å². The number of rotatable bonds is 5. The van der Waals surface area contributed by atoms with E-state index in [1.54, 1.807) is 31.4 Å². The lowest BCUT2D eigenvalue weighted by Crippen LogP contribution is -2.05. The minimum absolute atomic E-state index is 0.245. The molecule has 0 saturated carbocycles. The first-order valence-electron chi connectivity index (χ1n) is 6.42. The molecule has 4 nitrogen and oxygen atoms in total. The molecular formula is C16H16ClNO3. The number of hydrogen-bond donors (Lipinski definition) is 2. The van der Waals surface area contributed by atoms with Gasteiger partial charge in [0.2, 0.25) is 0 Å². The predicted molar refractivity (Wildman–Crippen MR) is 83.5 cm³/mol. The topological polar surface area (TPSA) is 58.6 Å². The van der Waals surface area contributed by atoms with E-state index < -0.39 is 5.97 Å². The molecule has 110 valence electrons. The smallest absolute Gasteiger partial charge is 0.335 e. The molecule has 0 unspecified atom stereocenters. The molecule has 0 fully saturated rings. The molecule has 0 bridgehead atoms. The highest BCUT2D eigenvalue weighted by Crippen LogP contribution is 2.27. The minimum Gasteiger partial charge on any atom is -0.496 e. The van der Waals surface area contributed by atoms with Crippen molar-refractivity contribution in [2.45, 2.75) is 13.5 Å². The van der Waals surface area contributed by atoms with Gasteiger partial charge in [0.1, 0.15) is 5.75 Å². The standard InChI is InChI=1S/C16H16ClNO3/c1-10-6-7-11(16(19)20)8-14(10)18-9-12-13(17)4-3-5-15(12)21-2/h3-8,18H,9H2,1-2H3,(H,19,20). The van der Waals surface area contributed by atoms with E-state index in [1.165, 1.54) is 0 Å². The summed E-state index contributed by atoms with van der Waals surface area (Å²) in [5, 5.41) is 12.9. The Morgan fingerprint density at radius 1 is 1.33 bits per heavy atom. The molecule has 5 heteroatoms. The predicted octanol–water partition coefficient (Wildman–Crippen LogP) is 3.97. The molecule has 0 radical (unpaired) electrons. The van der Waals surface area contributed by atoms with Crippen LogP contribution in [0.3, 0.4) is 0 Å². The number of aromatic carboxylic acids is 1. The number of halogens is 1. The average Bonchev–Trinajstić information content (AvgIpc) is 2.47. The third-order valence-corrected chi connectivity index (χ3v) is 3.59. The molecule has 0 heterocycles. The summed E-state index contributed by atoms with van der Waals surface area (Å²) in [6.45, 7) is 2.37. The number of aryl methyl sites for hydroxylation is 1. The number of nitrogens with one attached hydrogen (secondary N) is 1. The third-order valence-electron chi connectivity index (χ3n) is 3.24. The molecule has 0 amide bonds. The molecular weight excluding hydrogens is 290 g/mol. The first kappa shape index (κ1) is 15.2. The van der Waals surface area contributed by atoms with Crippen LogP contribution < -0.4 is 10.1 Å². The Morgan fingerprint density at radius 2 is 2.10 bits per heavy atom. The van der Waals surface area contributed by atoms with Crippen molar-refractivity contribution in [1.29, 1.82) is 0 Å². The SMILES string of the molecule is COc1cccc(Cl)c1CNc1cc(C(=O)O)ccc1C. The number of ether oxygens (including phenoxy) is 1. The van der Waals surface area contributed by atoms with Gasteiger partial charge in [-0.1, -0.05) is 23.7 Å². The first-order chi connectivity index (χ1) is 10.0. The van der Waals surface area contributed by atoms with Gasteiger partial charge >= 0.3 is 5.97 Å². The van der Waals surface area contributed by atoms with E-state index in [1.807, 2.05) is 19.1 Å². The second kappa shape index (κ2) is 6.50. The Hall–Kier alpha value is -2.20. The van der Waals surface area contributed by atoms with Crippen LogP contribution in [0.5, 0.6) is 5.75 Å². The van der Waals surface area contributed by atoms with Crippen LogP contribution in [0.1, 0.15) is 21.5 Å². The molecule has 2 aromatic carbocycles. The highest BCUT2D eigenvalue weighted by atomic mass is 35.5. The number of carboxylic acid groups (broad SMARTS) is 1. The quantitative estimate of drug-likeness (QED) is 0.877. The van der Waals surface area contributed by atoms with Crippen LogP contribution in [-0.4, -0.2) is 18.2 Å². The van der Waals surface area contributed by atoms with Gasteiger partial charge < -0.3 is 15.2 Å². The fraction of sp³-hybridized carbons (Fsp3) is 0.188. The van der Waals surface area contributed by atoms with Crippen molar-refractivity contribution in [2.75, 3.05) is 12.4 Å². The summed E-state index contributed by atoms with van der Waals surface area (Å²) in [5.74, 6) is -0.254. The molecule has 0 aliphatic carbocycles. The van der Waals surface area contributed by atoms with Crippen LogP contribution >= 0.6 is 11.6 Å². The Morgan fingerprint density at radius 3 is 2.76 bits per heavy atom. The summed E-state index contributed by atoms with van der Waals surface area (Å²) >= 11 is 6.18. The van der Waals surface area contributed by atoms with Crippen LogP contribution in [0, 0.1) is 6.92 Å². The van der Waals surface area contributed by atoms with Crippen molar-refractivity contribution in [3.63, 3.8) is 0 Å². The van der Waals surface area contributed by atoms with Gasteiger partial charge in [-0.3, -0.25) is 0 Å². The zero-order valence-corrected chi connectivity index (χ0v) is 12.6. The first-order valence-corrected chi connectivity index (χ1v) is 6.80. The normalized spacial score (nSPS) is 10.2. The monoisotopic (exact) mass is 305 g/mol. The fourth-order valence-corrected chi connectivity index (χ4v) is 2.26. The second-order valence-corrected chi connectivity index (χ2v) is 5.02. The van der Waals surface area contributed by atoms with E-state index in [2.05, 4.69) is 5.32 Å². The van der Waals surface area contributed by atoms with E-state index in [9.17, 15) is 4.79 Å². The summed E-state index contributed by atoms with van der Waals surface area (Å²) in [6, 6.07) is 10.4. The van der Waals surface area contributed by atoms with Gasteiger partial charge in [-0.2, -0.15) is 0 Å². The summed E-state index contributed by atoms with van der Waals surface area (Å²) in [4.78, 5) is 11.0. The molecule has 0 spiro atoms. The summed E-state index contributed by atoms with van der Waals surface area (Å²) in [5.41, 5.74) is 2.80. The van der Waals surface area contributed by atoms with Crippen molar-refractivity contribution >= 4 is 23.3 Å². The van der Waals surface area contributed by atoms with Gasteiger partial charge in [0, 0.05) is 22.8 Å². The fourth-order valence-electron chi connectivity index (χ4n) is 2.03. The molecule has 0 aromatic heterocycles. The van der Waals surface area contributed by atoms with Crippen LogP contribution in [0.15, 0.2) is 36.4 Å². The molecule has 2 rings (SSSR count). The Bertz CT molecular complexity index is 671. The van der Waals surface area contributed by atoms with E-state index in [0.717, 1.165) is 16.8 Å². The van der Waals surface area contributed by atoms with Gasteiger partial charge in [-0.15, -0.1) is 0 Å². The Kier molecular flexibility index (Phi) is 4.70. The van der Waals surface area contributed by atoms with Crippen LogP contribution in [0.4, 0.5) is 5.69 Å². The number of anilines is 1. The molecule has 2 aromatic rings. The lowest BCUT2D eigenvalue weighted by molar-refractivity contribution is 0.0697. The number of methoxy groups -OCH3 is 1. The van der Waals surface area contributed by atoms with Crippen molar-refractivity contribution in [1.82, 2.24) is 0 Å². The maximum Gasteiger partial charge on any atom is 0.335 e. The number of carboxylic acids is 1. The molecule has 2 N–H and O–H groups in total. The Balaban J connectivity index is 2.24. The van der Waals surface area contributed by atoms with E-state index in [0.29, 0.717) is 17.3 Å². The molecule has 0 aliphatic rings. The second-order valence-electron chi connectivity index (χ2n) is 4.61. The molecule has 0 saturated heterocycles. The van der Waals surface area contributed by atoms with Gasteiger partial charge in [-0.25, -0.2) is 4.79 Å². The van der Waals surface area contributed by atoms with Gasteiger partial charge in [0.15, 0.2) is 0 Å². The lowest BCUT2D eigenvalue weighted by atomic mass is 10.1. The maximum atomic E-state index is 11.0. The highest BCUT2D eigenvalue weighted by molar-refractivity contribution is 6.31. The number of hydrogen-bond acceptors (Lipinski definition) is 3. The highest BCUT2D eigenvalue weighted by Gasteiger charge is 2.10. The third kappa shape index (κ3) is 3.47. The summed E-state index contributed by atoms with van der Waals surface area (Å²) in [6.07, 6.45) is 0. The Labute approximate surface area is 128 Å². The minimum atomic E-state index is -0.951. The van der Waals surface area contributed by atoms with Crippen LogP contribution in [0.25, 0.3) is 0 Å². The van der Waals surface area contributed by atoms with Gasteiger partial charge in [-0.05, 0) is 36.8 Å². The van der Waals surface area contributed by atoms with Gasteiger partial charge in [0.05, 0.1) is 12.7 Å². The number of carbonyl (C=O) groups is 1. The van der Waals surface area contributed by atoms with Crippen LogP contribution in [0.2, 0.25) is 5.02 Å². The van der Waals surface area contributed by atoms with E-state index in [-0.39, 0.29) is 5.56 Å². The van der Waals surface area contributed by atoms with Crippen molar-refractivity contribution in [3.8, 4) is 5.75 Å². The van der Waals surface area contributed by atoms with Crippen molar-refractivity contribution in [3.05, 3.63) is 58.1 Å². The average molecular weight is 306 g/mol. The molecule has 0 atom stereocenters. The van der Waals surface area contributed by atoms with Crippen LogP contribution in [-0.2, 0) is 6.54 Å². The molecule has 21 heavy (non-hydrogen) atoms. The summed E-state index contributed by atoms with van der Waals surface area (Å²) < 4.78 is 5.29. The zero-order valence-electron chi connectivity index (χ0n) is 11.8. The van der Waals surface area contributed by atoms with Crippen molar-refractivity contribution in [2.24, 2.45) is 0 Å². The zero-order chi connectivity index (χ0) is 15.4. The van der Waals surface area contributed by atoms with E-state index in [4.69, 9.17) is 21.4 Å². The number of benzene rings is 2. The summed E-state index contributed by atoms with van der Waals surface area (Å²) in [7, 11) is 1.59. The maximum absolute atomic E-state index is 11.0. The molecule has 0 aliphatic heterocycles. The lowest BCUT2D eigenvalue weighted by Gasteiger charge is -2.14. The van der Waals surface area contributed by atoms with E-state index >= 15 is 0 Å². The largest absolute Gasteiger partial charge is 0.496 e. The van der Waals surface area contributed by atoms with Crippen molar-refractivity contribution < 1.29 is 14.6 Å².